The van der Waals surface area contributed by atoms with Crippen LogP contribution < -0.4 is 4.74 Å². The molecule has 0 radical (unpaired) electrons. The van der Waals surface area contributed by atoms with Gasteiger partial charge in [-0.1, -0.05) is 0 Å². The molecule has 1 rings (SSSR count). The zero-order chi connectivity index (χ0) is 9.14. The largest absolute Gasteiger partial charge is 0.404 e. The molecule has 0 bridgehead atoms. The molecule has 0 spiro atoms. The highest BCUT2D eigenvalue weighted by atomic mass is 19.1. The van der Waals surface area contributed by atoms with Crippen LogP contribution >= 0.6 is 0 Å². The van der Waals surface area contributed by atoms with Gasteiger partial charge in [-0.25, -0.2) is 13.8 Å². The number of carbonyl (C=O) groups is 1. The number of esters is 1. The fraction of sp³-hybridized carbons (Fsp3) is 0.143. The molecular weight excluding hydrogens is 168 g/mol. The van der Waals surface area contributed by atoms with E-state index in [0.29, 0.717) is 6.07 Å². The summed E-state index contributed by atoms with van der Waals surface area (Å²) in [5, 5.41) is 0. The zero-order valence-electron chi connectivity index (χ0n) is 6.17. The molecule has 64 valence electrons. The molecule has 0 N–H and O–H groups in total. The number of rotatable bonds is 1. The summed E-state index contributed by atoms with van der Waals surface area (Å²) in [7, 11) is 0. The van der Waals surface area contributed by atoms with Crippen molar-refractivity contribution in [3.8, 4) is 5.88 Å². The van der Waals surface area contributed by atoms with E-state index in [2.05, 4.69) is 9.72 Å². The van der Waals surface area contributed by atoms with Crippen molar-refractivity contribution < 1.29 is 18.3 Å². The Bertz CT molecular complexity index is 314. The maximum Gasteiger partial charge on any atom is 0.309 e. The second kappa shape index (κ2) is 3.25. The van der Waals surface area contributed by atoms with Gasteiger partial charge >= 0.3 is 5.97 Å². The van der Waals surface area contributed by atoms with Gasteiger partial charge in [-0.3, -0.25) is 4.79 Å². The topological polar surface area (TPSA) is 39.2 Å². The van der Waals surface area contributed by atoms with Crippen molar-refractivity contribution in [3.05, 3.63) is 23.9 Å². The number of hydrogen-bond acceptors (Lipinski definition) is 3. The van der Waals surface area contributed by atoms with Gasteiger partial charge in [-0.2, -0.15) is 0 Å². The maximum absolute atomic E-state index is 12.6. The number of hydrogen-bond donors (Lipinski definition) is 0. The Balaban J connectivity index is 2.93. The molecule has 1 aromatic heterocycles. The van der Waals surface area contributed by atoms with Crippen molar-refractivity contribution in [1.29, 1.82) is 0 Å². The van der Waals surface area contributed by atoms with Gasteiger partial charge in [0, 0.05) is 13.0 Å². The quantitative estimate of drug-likeness (QED) is 0.600. The normalized spacial score (nSPS) is 9.58. The van der Waals surface area contributed by atoms with Crippen molar-refractivity contribution in [2.75, 3.05) is 0 Å². The second-order valence-electron chi connectivity index (χ2n) is 2.03. The van der Waals surface area contributed by atoms with Gasteiger partial charge in [0.2, 0.25) is 0 Å². The van der Waals surface area contributed by atoms with Gasteiger partial charge < -0.3 is 4.74 Å². The van der Waals surface area contributed by atoms with E-state index in [1.807, 2.05) is 0 Å². The Kier molecular flexibility index (Phi) is 2.32. The smallest absolute Gasteiger partial charge is 0.309 e. The van der Waals surface area contributed by atoms with Crippen LogP contribution in [0.25, 0.3) is 0 Å². The lowest BCUT2D eigenvalue weighted by Gasteiger charge is -1.99. The Morgan fingerprint density at radius 3 is 2.75 bits per heavy atom. The molecule has 0 atom stereocenters. The third-order valence-electron chi connectivity index (χ3n) is 1.01. The molecular formula is C7H5F2NO2. The summed E-state index contributed by atoms with van der Waals surface area (Å²) in [6.45, 7) is 1.10. The summed E-state index contributed by atoms with van der Waals surface area (Å²) >= 11 is 0. The zero-order valence-corrected chi connectivity index (χ0v) is 6.17. The average molecular weight is 173 g/mol. The molecule has 0 amide bonds. The lowest BCUT2D eigenvalue weighted by Crippen LogP contribution is -2.05. The standard InChI is InChI=1S/C7H5F2NO2/c1-4(11)12-7-6(9)2-5(8)3-10-7/h2-3H,1H3. The number of nitrogens with zero attached hydrogens (tertiary/aromatic N) is 1. The van der Waals surface area contributed by atoms with Crippen LogP contribution in [0.3, 0.4) is 0 Å². The van der Waals surface area contributed by atoms with E-state index in [1.54, 1.807) is 0 Å². The van der Waals surface area contributed by atoms with Crippen LogP contribution in [-0.4, -0.2) is 11.0 Å². The number of ether oxygens (including phenoxy) is 1. The van der Waals surface area contributed by atoms with Crippen LogP contribution in [0.15, 0.2) is 12.3 Å². The van der Waals surface area contributed by atoms with Crippen LogP contribution in [0.5, 0.6) is 5.88 Å². The molecule has 0 aliphatic heterocycles. The first-order valence-electron chi connectivity index (χ1n) is 3.09. The van der Waals surface area contributed by atoms with E-state index < -0.39 is 23.5 Å². The van der Waals surface area contributed by atoms with Gasteiger partial charge in [0.1, 0.15) is 5.82 Å². The van der Waals surface area contributed by atoms with Gasteiger partial charge in [0.25, 0.3) is 5.88 Å². The Hall–Kier alpha value is -1.52. The SMILES string of the molecule is CC(=O)Oc1ncc(F)cc1F. The summed E-state index contributed by atoms with van der Waals surface area (Å²) in [5.41, 5.74) is 0. The van der Waals surface area contributed by atoms with E-state index in [9.17, 15) is 13.6 Å². The molecule has 5 heteroatoms. The van der Waals surface area contributed by atoms with E-state index >= 15 is 0 Å². The predicted octanol–water partition coefficient (Wildman–Crippen LogP) is 1.29. The Morgan fingerprint density at radius 2 is 2.25 bits per heavy atom. The minimum atomic E-state index is -0.995. The number of halogens is 2. The Morgan fingerprint density at radius 1 is 1.58 bits per heavy atom. The average Bonchev–Trinajstić information content (AvgIpc) is 1.94. The van der Waals surface area contributed by atoms with Crippen molar-refractivity contribution in [1.82, 2.24) is 4.98 Å². The summed E-state index contributed by atoms with van der Waals surface area (Å²) in [6.07, 6.45) is 0.765. The summed E-state index contributed by atoms with van der Waals surface area (Å²) in [6, 6.07) is 0.589. The van der Waals surface area contributed by atoms with E-state index in [-0.39, 0.29) is 0 Å². The van der Waals surface area contributed by atoms with E-state index in [1.165, 1.54) is 0 Å². The van der Waals surface area contributed by atoms with E-state index in [4.69, 9.17) is 0 Å². The van der Waals surface area contributed by atoms with Crippen molar-refractivity contribution in [2.45, 2.75) is 6.92 Å². The van der Waals surface area contributed by atoms with Crippen LogP contribution in [0, 0.1) is 11.6 Å². The highest BCUT2D eigenvalue weighted by Gasteiger charge is 2.07. The van der Waals surface area contributed by atoms with Crippen molar-refractivity contribution in [3.63, 3.8) is 0 Å². The molecule has 3 nitrogen and oxygen atoms in total. The molecule has 0 unspecified atom stereocenters. The molecule has 0 saturated heterocycles. The summed E-state index contributed by atoms with van der Waals surface area (Å²) < 4.78 is 29.2. The monoisotopic (exact) mass is 173 g/mol. The minimum absolute atomic E-state index is 0.510. The van der Waals surface area contributed by atoms with Crippen LogP contribution in [-0.2, 0) is 4.79 Å². The van der Waals surface area contributed by atoms with Crippen LogP contribution in [0.2, 0.25) is 0 Å². The molecule has 1 aromatic rings. The highest BCUT2D eigenvalue weighted by Crippen LogP contribution is 2.13. The fourth-order valence-corrected chi connectivity index (χ4v) is 0.613. The number of carbonyl (C=O) groups excluding carboxylic acids is 1. The third kappa shape index (κ3) is 1.98. The van der Waals surface area contributed by atoms with Gasteiger partial charge in [0.05, 0.1) is 6.20 Å². The van der Waals surface area contributed by atoms with Gasteiger partial charge in [0.15, 0.2) is 5.82 Å². The Labute approximate surface area is 67.0 Å². The highest BCUT2D eigenvalue weighted by molar-refractivity contribution is 5.68. The first kappa shape index (κ1) is 8.58. The molecule has 0 aromatic carbocycles. The summed E-state index contributed by atoms with van der Waals surface area (Å²) in [5.74, 6) is -3.02. The van der Waals surface area contributed by atoms with Crippen LogP contribution in [0.4, 0.5) is 8.78 Å². The lowest BCUT2D eigenvalue weighted by atomic mass is 10.4. The van der Waals surface area contributed by atoms with Crippen LogP contribution in [0.1, 0.15) is 6.92 Å². The number of pyridine rings is 1. The third-order valence-corrected chi connectivity index (χ3v) is 1.01. The van der Waals surface area contributed by atoms with E-state index in [0.717, 1.165) is 13.1 Å². The van der Waals surface area contributed by atoms with Gasteiger partial charge in [-0.15, -0.1) is 0 Å². The second-order valence-corrected chi connectivity index (χ2v) is 2.03. The molecule has 0 aliphatic carbocycles. The lowest BCUT2D eigenvalue weighted by molar-refractivity contribution is -0.132. The molecule has 12 heavy (non-hydrogen) atoms. The minimum Gasteiger partial charge on any atom is -0.404 e. The fourth-order valence-electron chi connectivity index (χ4n) is 0.613. The molecule has 1 heterocycles. The maximum atomic E-state index is 12.6. The first-order valence-corrected chi connectivity index (χ1v) is 3.09. The summed E-state index contributed by atoms with van der Waals surface area (Å²) in [4.78, 5) is 13.6. The predicted molar refractivity (Wildman–Crippen MR) is 35.5 cm³/mol. The molecule has 0 saturated carbocycles. The molecule has 0 aliphatic rings. The first-order chi connectivity index (χ1) is 5.59. The van der Waals surface area contributed by atoms with Gasteiger partial charge in [-0.05, 0) is 0 Å². The molecule has 0 fully saturated rings. The van der Waals surface area contributed by atoms with Crippen molar-refractivity contribution >= 4 is 5.97 Å². The van der Waals surface area contributed by atoms with Crippen molar-refractivity contribution in [2.24, 2.45) is 0 Å². The number of aromatic nitrogens is 1.